The number of hydrogen-bond acceptors (Lipinski definition) is 7. The van der Waals surface area contributed by atoms with E-state index in [1.807, 2.05) is 37.3 Å². The fraction of sp³-hybridized carbons (Fsp3) is 0.148. The Morgan fingerprint density at radius 2 is 1.80 bits per heavy atom. The van der Waals surface area contributed by atoms with E-state index in [1.54, 1.807) is 24.4 Å². The largest absolute Gasteiger partial charge is 0.382 e. The number of carbonyl (C=O) groups is 1. The van der Waals surface area contributed by atoms with E-state index in [4.69, 9.17) is 5.73 Å². The Kier molecular flexibility index (Phi) is 7.07. The first-order valence-electron chi connectivity index (χ1n) is 11.0. The molecule has 0 amide bonds. The number of nitrogens with zero attached hydrogens (tertiary/aromatic N) is 4. The summed E-state index contributed by atoms with van der Waals surface area (Å²) in [5.74, 6) is 0.187. The number of hydrogen-bond donors (Lipinski definition) is 2. The first-order chi connectivity index (χ1) is 16.9. The molecule has 0 aliphatic rings. The Labute approximate surface area is 202 Å². The lowest BCUT2D eigenvalue weighted by molar-refractivity contribution is 0.0976. The molecule has 3 N–H and O–H groups in total. The van der Waals surface area contributed by atoms with Crippen molar-refractivity contribution in [3.63, 3.8) is 0 Å². The van der Waals surface area contributed by atoms with Crippen LogP contribution in [-0.4, -0.2) is 20.7 Å². The maximum Gasteiger partial charge on any atom is 0.167 e. The maximum atomic E-state index is 13.2. The number of carbonyl (C=O) groups excluding carboxylic acids is 1. The Morgan fingerprint density at radius 3 is 2.46 bits per heavy atom. The predicted octanol–water partition coefficient (Wildman–Crippen LogP) is 5.12. The van der Waals surface area contributed by atoms with Gasteiger partial charge in [-0.05, 0) is 35.2 Å². The molecule has 35 heavy (non-hydrogen) atoms. The van der Waals surface area contributed by atoms with Gasteiger partial charge in [-0.2, -0.15) is 5.26 Å². The maximum absolute atomic E-state index is 13.2. The van der Waals surface area contributed by atoms with Crippen LogP contribution in [0, 0.1) is 17.1 Å². The van der Waals surface area contributed by atoms with Gasteiger partial charge in [0.25, 0.3) is 0 Å². The lowest BCUT2D eigenvalue weighted by Crippen LogP contribution is -2.11. The smallest absolute Gasteiger partial charge is 0.167 e. The molecule has 0 radical (unpaired) electrons. The summed E-state index contributed by atoms with van der Waals surface area (Å²) in [6, 6.07) is 17.5. The van der Waals surface area contributed by atoms with Gasteiger partial charge >= 0.3 is 0 Å². The second-order valence-corrected chi connectivity index (χ2v) is 8.19. The van der Waals surface area contributed by atoms with Gasteiger partial charge in [-0.3, -0.25) is 9.78 Å². The van der Waals surface area contributed by atoms with Gasteiger partial charge in [0.05, 0.1) is 29.2 Å². The molecule has 174 valence electrons. The van der Waals surface area contributed by atoms with E-state index in [1.165, 1.54) is 24.5 Å². The topological polar surface area (TPSA) is 118 Å². The van der Waals surface area contributed by atoms with Gasteiger partial charge in [0, 0.05) is 24.7 Å². The molecular formula is C27H23FN6O. The summed E-state index contributed by atoms with van der Waals surface area (Å²) in [6.07, 6.45) is 4.77. The summed E-state index contributed by atoms with van der Waals surface area (Å²) in [6.45, 7) is 2.34. The quantitative estimate of drug-likeness (QED) is 0.346. The van der Waals surface area contributed by atoms with E-state index in [0.717, 1.165) is 22.4 Å². The molecule has 0 saturated carbocycles. The monoisotopic (exact) mass is 466 g/mol. The molecule has 7 nitrogen and oxygen atoms in total. The SMILES string of the molecule is C[C@H](CC(=O)c1cc(C#N)cnc1NCc1ccc(-c2cnc(N)cn2)cc1)c1ccc(F)cc1. The lowest BCUT2D eigenvalue weighted by Gasteiger charge is -2.14. The number of nitrogens with two attached hydrogens (primary N) is 1. The van der Waals surface area contributed by atoms with Crippen LogP contribution in [0.5, 0.6) is 0 Å². The number of aromatic nitrogens is 3. The number of halogens is 1. The van der Waals surface area contributed by atoms with E-state index >= 15 is 0 Å². The fourth-order valence-corrected chi connectivity index (χ4v) is 3.64. The molecule has 0 saturated heterocycles. The minimum atomic E-state index is -0.320. The van der Waals surface area contributed by atoms with Gasteiger partial charge < -0.3 is 11.1 Å². The van der Waals surface area contributed by atoms with Crippen molar-refractivity contribution in [3.8, 4) is 17.3 Å². The van der Waals surface area contributed by atoms with Crippen molar-refractivity contribution in [2.75, 3.05) is 11.1 Å². The number of Topliss-reactive ketones (excluding diaryl/α,β-unsaturated/α-hetero) is 1. The summed E-state index contributed by atoms with van der Waals surface area (Å²) < 4.78 is 13.2. The molecule has 0 bridgehead atoms. The average molecular weight is 467 g/mol. The van der Waals surface area contributed by atoms with E-state index in [0.29, 0.717) is 29.3 Å². The molecule has 1 atom stereocenters. The highest BCUT2D eigenvalue weighted by Gasteiger charge is 2.18. The van der Waals surface area contributed by atoms with Crippen LogP contribution in [0.15, 0.2) is 73.2 Å². The fourth-order valence-electron chi connectivity index (χ4n) is 3.64. The van der Waals surface area contributed by atoms with Gasteiger partial charge in [0.2, 0.25) is 0 Å². The highest BCUT2D eigenvalue weighted by atomic mass is 19.1. The van der Waals surface area contributed by atoms with Crippen molar-refractivity contribution in [2.24, 2.45) is 0 Å². The highest BCUT2D eigenvalue weighted by Crippen LogP contribution is 2.25. The van der Waals surface area contributed by atoms with Gasteiger partial charge in [-0.1, -0.05) is 43.3 Å². The highest BCUT2D eigenvalue weighted by molar-refractivity contribution is 6.01. The van der Waals surface area contributed by atoms with Crippen LogP contribution in [-0.2, 0) is 6.54 Å². The van der Waals surface area contributed by atoms with Crippen LogP contribution in [0.4, 0.5) is 16.0 Å². The van der Waals surface area contributed by atoms with Crippen molar-refractivity contribution in [3.05, 3.63) is 101 Å². The summed E-state index contributed by atoms with van der Waals surface area (Å²) in [5.41, 5.74) is 9.72. The molecular weight excluding hydrogens is 443 g/mol. The van der Waals surface area contributed by atoms with Crippen molar-refractivity contribution >= 4 is 17.4 Å². The molecule has 4 rings (SSSR count). The summed E-state index contributed by atoms with van der Waals surface area (Å²) in [7, 11) is 0. The number of nitrogens with one attached hydrogen (secondary N) is 1. The van der Waals surface area contributed by atoms with Crippen molar-refractivity contribution in [2.45, 2.75) is 25.8 Å². The normalized spacial score (nSPS) is 11.5. The zero-order valence-electron chi connectivity index (χ0n) is 19.1. The van der Waals surface area contributed by atoms with Crippen LogP contribution < -0.4 is 11.1 Å². The second-order valence-electron chi connectivity index (χ2n) is 8.19. The number of benzene rings is 2. The third-order valence-electron chi connectivity index (χ3n) is 5.63. The zero-order valence-corrected chi connectivity index (χ0v) is 19.1. The summed E-state index contributed by atoms with van der Waals surface area (Å²) in [4.78, 5) is 25.8. The predicted molar refractivity (Wildman–Crippen MR) is 132 cm³/mol. The van der Waals surface area contributed by atoms with Gasteiger partial charge in [-0.25, -0.2) is 14.4 Å². The van der Waals surface area contributed by atoms with E-state index in [2.05, 4.69) is 20.3 Å². The Morgan fingerprint density at radius 1 is 1.06 bits per heavy atom. The number of anilines is 2. The zero-order chi connectivity index (χ0) is 24.8. The van der Waals surface area contributed by atoms with E-state index in [9.17, 15) is 14.4 Å². The molecule has 2 heterocycles. The molecule has 4 aromatic rings. The third kappa shape index (κ3) is 5.84. The Hall–Kier alpha value is -4.64. The van der Waals surface area contributed by atoms with Crippen molar-refractivity contribution in [1.82, 2.24) is 15.0 Å². The van der Waals surface area contributed by atoms with Crippen molar-refractivity contribution in [1.29, 1.82) is 5.26 Å². The lowest BCUT2D eigenvalue weighted by atomic mass is 9.93. The standard InChI is InChI=1S/C27H23FN6O/c1-17(20-6-8-22(28)9-7-20)10-25(35)23-11-19(12-29)14-34-27(23)33-13-18-2-4-21(5-3-18)24-15-32-26(30)16-31-24/h2-9,11,14-17H,10,13H2,1H3,(H2,30,32)(H,33,34)/t17-/m1/s1. The first kappa shape index (κ1) is 23.5. The van der Waals surface area contributed by atoms with Gasteiger partial charge in [-0.15, -0.1) is 0 Å². The van der Waals surface area contributed by atoms with Crippen LogP contribution in [0.1, 0.15) is 46.3 Å². The minimum Gasteiger partial charge on any atom is -0.382 e. The Balaban J connectivity index is 1.48. The van der Waals surface area contributed by atoms with E-state index in [-0.39, 0.29) is 23.9 Å². The number of nitrogen functional groups attached to an aromatic ring is 1. The van der Waals surface area contributed by atoms with Gasteiger partial charge in [0.15, 0.2) is 5.78 Å². The van der Waals surface area contributed by atoms with Crippen molar-refractivity contribution < 1.29 is 9.18 Å². The van der Waals surface area contributed by atoms with E-state index < -0.39 is 0 Å². The molecule has 0 aliphatic carbocycles. The number of nitriles is 1. The van der Waals surface area contributed by atoms with Crippen LogP contribution in [0.2, 0.25) is 0 Å². The van der Waals surface area contributed by atoms with Crippen LogP contribution >= 0.6 is 0 Å². The number of ketones is 1. The number of rotatable bonds is 8. The van der Waals surface area contributed by atoms with Crippen LogP contribution in [0.3, 0.4) is 0 Å². The molecule has 2 aromatic carbocycles. The molecule has 0 spiro atoms. The Bertz CT molecular complexity index is 1360. The number of pyridine rings is 1. The molecule has 0 fully saturated rings. The molecule has 8 heteroatoms. The second kappa shape index (κ2) is 10.5. The minimum absolute atomic E-state index is 0.120. The summed E-state index contributed by atoms with van der Waals surface area (Å²) in [5, 5.41) is 12.5. The molecule has 2 aromatic heterocycles. The summed E-state index contributed by atoms with van der Waals surface area (Å²) >= 11 is 0. The van der Waals surface area contributed by atoms with Crippen LogP contribution in [0.25, 0.3) is 11.3 Å². The molecule has 0 aliphatic heterocycles. The first-order valence-corrected chi connectivity index (χ1v) is 11.0. The third-order valence-corrected chi connectivity index (χ3v) is 5.63. The average Bonchev–Trinajstić information content (AvgIpc) is 2.88. The molecule has 0 unspecified atom stereocenters. The van der Waals surface area contributed by atoms with Gasteiger partial charge in [0.1, 0.15) is 23.5 Å².